The maximum absolute atomic E-state index is 12.6. The van der Waals surface area contributed by atoms with Crippen LogP contribution in [-0.2, 0) is 4.79 Å². The third kappa shape index (κ3) is 2.58. The molecule has 1 aliphatic rings. The lowest BCUT2D eigenvalue weighted by Gasteiger charge is -2.25. The number of hydrogen-bond acceptors (Lipinski definition) is 5. The number of rotatable bonds is 3. The molecule has 1 aliphatic heterocycles. The van der Waals surface area contributed by atoms with Crippen LogP contribution in [0.25, 0.3) is 11.0 Å². The fraction of sp³-hybridized carbons (Fsp3) is 0.200. The molecule has 25 heavy (non-hydrogen) atoms. The number of fused-ring (bicyclic) bond motifs is 3. The fourth-order valence-corrected chi connectivity index (χ4v) is 3.29. The molecule has 0 spiro atoms. The third-order valence-corrected chi connectivity index (χ3v) is 4.33. The Labute approximate surface area is 143 Å². The Balaban J connectivity index is 1.98. The Morgan fingerprint density at radius 2 is 1.84 bits per heavy atom. The minimum absolute atomic E-state index is 0.0696. The van der Waals surface area contributed by atoms with Gasteiger partial charge in [-0.15, -0.1) is 0 Å². The zero-order chi connectivity index (χ0) is 17.4. The van der Waals surface area contributed by atoms with Crippen LogP contribution in [-0.4, -0.2) is 12.6 Å². The molecule has 0 saturated heterocycles. The van der Waals surface area contributed by atoms with Crippen molar-refractivity contribution in [3.8, 4) is 11.5 Å². The summed E-state index contributed by atoms with van der Waals surface area (Å²) in [5, 5.41) is 0.615. The predicted molar refractivity (Wildman–Crippen MR) is 92.2 cm³/mol. The molecule has 0 unspecified atom stereocenters. The zero-order valence-corrected chi connectivity index (χ0v) is 13.7. The minimum Gasteiger partial charge on any atom is -0.494 e. The third-order valence-electron chi connectivity index (χ3n) is 4.33. The number of carbonyl (C=O) groups is 1. The predicted octanol–water partition coefficient (Wildman–Crippen LogP) is 3.63. The van der Waals surface area contributed by atoms with Gasteiger partial charge < -0.3 is 13.9 Å². The first kappa shape index (κ1) is 15.4. The van der Waals surface area contributed by atoms with Crippen molar-refractivity contribution in [1.29, 1.82) is 0 Å². The summed E-state index contributed by atoms with van der Waals surface area (Å²) >= 11 is 0. The molecule has 4 rings (SSSR count). The molecule has 0 bridgehead atoms. The second-order valence-electron chi connectivity index (χ2n) is 5.83. The largest absolute Gasteiger partial charge is 0.494 e. The molecular weight excluding hydrogens is 320 g/mol. The monoisotopic (exact) mass is 336 g/mol. The Bertz CT molecular complexity index is 1020. The van der Waals surface area contributed by atoms with Gasteiger partial charge in [-0.1, -0.05) is 30.3 Å². The SMILES string of the molecule is CCOc1ccccc1[C@@H]1CC(=O)Oc2c1c(=O)oc1ccccc21. The lowest BCUT2D eigenvalue weighted by atomic mass is 9.86. The second kappa shape index (κ2) is 6.09. The van der Waals surface area contributed by atoms with Gasteiger partial charge in [-0.05, 0) is 25.1 Å². The van der Waals surface area contributed by atoms with Crippen molar-refractivity contribution in [1.82, 2.24) is 0 Å². The van der Waals surface area contributed by atoms with Gasteiger partial charge >= 0.3 is 11.6 Å². The fourth-order valence-electron chi connectivity index (χ4n) is 3.29. The molecule has 0 amide bonds. The summed E-state index contributed by atoms with van der Waals surface area (Å²) in [5.74, 6) is 0.113. The van der Waals surface area contributed by atoms with Gasteiger partial charge in [0.25, 0.3) is 0 Å². The van der Waals surface area contributed by atoms with Crippen LogP contribution in [0, 0.1) is 0 Å². The van der Waals surface area contributed by atoms with E-state index in [-0.39, 0.29) is 12.4 Å². The lowest BCUT2D eigenvalue weighted by Crippen LogP contribution is -2.27. The van der Waals surface area contributed by atoms with E-state index in [9.17, 15) is 9.59 Å². The molecule has 0 radical (unpaired) electrons. The summed E-state index contributed by atoms with van der Waals surface area (Å²) in [6.45, 7) is 2.38. The van der Waals surface area contributed by atoms with Gasteiger partial charge in [-0.25, -0.2) is 4.79 Å². The number of benzene rings is 2. The molecular formula is C20H16O5. The first-order valence-corrected chi connectivity index (χ1v) is 8.17. The van der Waals surface area contributed by atoms with E-state index in [2.05, 4.69) is 0 Å². The lowest BCUT2D eigenvalue weighted by molar-refractivity contribution is -0.135. The van der Waals surface area contributed by atoms with Gasteiger partial charge in [0.05, 0.1) is 24.0 Å². The summed E-state index contributed by atoms with van der Waals surface area (Å²) in [4.78, 5) is 24.9. The van der Waals surface area contributed by atoms with E-state index >= 15 is 0 Å². The minimum atomic E-state index is -0.488. The molecule has 5 heteroatoms. The van der Waals surface area contributed by atoms with Crippen LogP contribution in [0.1, 0.15) is 30.4 Å². The van der Waals surface area contributed by atoms with Crippen molar-refractivity contribution in [3.63, 3.8) is 0 Å². The summed E-state index contributed by atoms with van der Waals surface area (Å²) in [5.41, 5.74) is 1.06. The van der Waals surface area contributed by atoms with Crippen LogP contribution >= 0.6 is 0 Å². The Hall–Kier alpha value is -3.08. The smallest absolute Gasteiger partial charge is 0.343 e. The Morgan fingerprint density at radius 3 is 2.68 bits per heavy atom. The van der Waals surface area contributed by atoms with Gasteiger partial charge in [0.1, 0.15) is 11.3 Å². The standard InChI is InChI=1S/C20H16O5/c1-2-23-15-9-5-3-7-12(15)14-11-17(21)25-19-13-8-4-6-10-16(13)24-20(22)18(14)19/h3-10,14H,2,11H2,1H3/t14-/m0/s1. The molecule has 0 fully saturated rings. The molecule has 0 N–H and O–H groups in total. The van der Waals surface area contributed by atoms with E-state index < -0.39 is 11.5 Å². The van der Waals surface area contributed by atoms with Crippen LogP contribution in [0.5, 0.6) is 11.5 Å². The van der Waals surface area contributed by atoms with Gasteiger partial charge in [0, 0.05) is 11.5 Å². The van der Waals surface area contributed by atoms with Crippen molar-refractivity contribution in [3.05, 3.63) is 70.1 Å². The Morgan fingerprint density at radius 1 is 1.08 bits per heavy atom. The highest BCUT2D eigenvalue weighted by atomic mass is 16.5. The summed E-state index contributed by atoms with van der Waals surface area (Å²) in [6, 6.07) is 14.5. The number of hydrogen-bond donors (Lipinski definition) is 0. The van der Waals surface area contributed by atoms with Crippen LogP contribution < -0.4 is 15.1 Å². The average molecular weight is 336 g/mol. The molecule has 1 aromatic heterocycles. The second-order valence-corrected chi connectivity index (χ2v) is 5.83. The van der Waals surface area contributed by atoms with Crippen molar-refractivity contribution in [2.24, 2.45) is 0 Å². The number of esters is 1. The van der Waals surface area contributed by atoms with Crippen molar-refractivity contribution in [2.45, 2.75) is 19.3 Å². The average Bonchev–Trinajstić information content (AvgIpc) is 2.62. The number of carbonyl (C=O) groups excluding carboxylic acids is 1. The molecule has 1 atom stereocenters. The molecule has 126 valence electrons. The van der Waals surface area contributed by atoms with Gasteiger partial charge in [0.2, 0.25) is 0 Å². The van der Waals surface area contributed by atoms with Crippen molar-refractivity contribution >= 4 is 16.9 Å². The maximum atomic E-state index is 12.6. The first-order chi connectivity index (χ1) is 12.2. The summed E-state index contributed by atoms with van der Waals surface area (Å²) < 4.78 is 16.6. The van der Waals surface area contributed by atoms with Crippen molar-refractivity contribution in [2.75, 3.05) is 6.61 Å². The molecule has 2 heterocycles. The van der Waals surface area contributed by atoms with E-state index in [1.54, 1.807) is 18.2 Å². The highest BCUT2D eigenvalue weighted by Gasteiger charge is 2.35. The van der Waals surface area contributed by atoms with Crippen LogP contribution in [0.4, 0.5) is 0 Å². The van der Waals surface area contributed by atoms with Gasteiger partial charge in [-0.2, -0.15) is 0 Å². The maximum Gasteiger partial charge on any atom is 0.343 e. The zero-order valence-electron chi connectivity index (χ0n) is 13.7. The van der Waals surface area contributed by atoms with E-state index in [0.29, 0.717) is 34.6 Å². The highest BCUT2D eigenvalue weighted by Crippen LogP contribution is 2.43. The molecule has 5 nitrogen and oxygen atoms in total. The topological polar surface area (TPSA) is 65.7 Å². The Kier molecular flexibility index (Phi) is 3.76. The summed E-state index contributed by atoms with van der Waals surface area (Å²) in [6.07, 6.45) is 0.0696. The first-order valence-electron chi connectivity index (χ1n) is 8.17. The molecule has 2 aromatic carbocycles. The van der Waals surface area contributed by atoms with Crippen molar-refractivity contribution < 1.29 is 18.7 Å². The highest BCUT2D eigenvalue weighted by molar-refractivity contribution is 5.90. The summed E-state index contributed by atoms with van der Waals surface area (Å²) in [7, 11) is 0. The van der Waals surface area contributed by atoms with E-state index in [4.69, 9.17) is 13.9 Å². The van der Waals surface area contributed by atoms with E-state index in [1.807, 2.05) is 37.3 Å². The quantitative estimate of drug-likeness (QED) is 0.540. The van der Waals surface area contributed by atoms with Gasteiger partial charge in [0.15, 0.2) is 5.75 Å². The van der Waals surface area contributed by atoms with Crippen LogP contribution in [0.15, 0.2) is 57.7 Å². The number of ether oxygens (including phenoxy) is 2. The molecule has 3 aromatic rings. The molecule has 0 saturated carbocycles. The number of para-hydroxylation sites is 2. The van der Waals surface area contributed by atoms with E-state index in [1.165, 1.54) is 0 Å². The molecule has 0 aliphatic carbocycles. The van der Waals surface area contributed by atoms with Gasteiger partial charge in [-0.3, -0.25) is 4.79 Å². The van der Waals surface area contributed by atoms with Crippen LogP contribution in [0.2, 0.25) is 0 Å². The normalized spacial score (nSPS) is 16.4. The van der Waals surface area contributed by atoms with E-state index in [0.717, 1.165) is 5.56 Å². The van der Waals surface area contributed by atoms with Crippen LogP contribution in [0.3, 0.4) is 0 Å².